The van der Waals surface area contributed by atoms with E-state index in [0.29, 0.717) is 13.0 Å². The van der Waals surface area contributed by atoms with Gasteiger partial charge in [-0.2, -0.15) is 0 Å². The third kappa shape index (κ3) is 2.76. The van der Waals surface area contributed by atoms with Crippen LogP contribution in [-0.2, 0) is 17.8 Å². The number of primary amides is 1. The highest BCUT2D eigenvalue weighted by Crippen LogP contribution is 2.34. The summed E-state index contributed by atoms with van der Waals surface area (Å²) in [6, 6.07) is 15.9. The summed E-state index contributed by atoms with van der Waals surface area (Å²) in [5, 5.41) is 13.3. The maximum absolute atomic E-state index is 11.5. The highest BCUT2D eigenvalue weighted by Gasteiger charge is 2.35. The molecule has 1 aliphatic rings. The second-order valence-corrected chi connectivity index (χ2v) is 5.40. The first-order valence-electron chi connectivity index (χ1n) is 7.03. The van der Waals surface area contributed by atoms with Crippen LogP contribution in [0.15, 0.2) is 48.5 Å². The Kier molecular flexibility index (Phi) is 3.62. The van der Waals surface area contributed by atoms with Crippen LogP contribution in [-0.4, -0.2) is 17.1 Å². The Morgan fingerprint density at radius 2 is 2.00 bits per heavy atom. The summed E-state index contributed by atoms with van der Waals surface area (Å²) >= 11 is 0. The molecule has 2 aromatic rings. The van der Waals surface area contributed by atoms with Crippen molar-refractivity contribution < 1.29 is 9.90 Å². The van der Waals surface area contributed by atoms with Crippen LogP contribution in [0.2, 0.25) is 0 Å². The molecule has 0 fully saturated rings. The molecule has 0 saturated heterocycles. The fourth-order valence-electron chi connectivity index (χ4n) is 2.88. The molecule has 21 heavy (non-hydrogen) atoms. The molecule has 0 unspecified atom stereocenters. The van der Waals surface area contributed by atoms with Gasteiger partial charge in [0.05, 0.1) is 12.0 Å². The van der Waals surface area contributed by atoms with Crippen molar-refractivity contribution in [2.75, 3.05) is 5.32 Å². The van der Waals surface area contributed by atoms with E-state index in [9.17, 15) is 9.90 Å². The molecule has 0 saturated carbocycles. The number of carbonyl (C=O) groups excluding carboxylic acids is 1. The Hall–Kier alpha value is -2.33. The molecule has 0 heterocycles. The van der Waals surface area contributed by atoms with Crippen LogP contribution in [0.25, 0.3) is 0 Å². The number of amides is 1. The monoisotopic (exact) mass is 282 g/mol. The predicted molar refractivity (Wildman–Crippen MR) is 81.9 cm³/mol. The minimum absolute atomic E-state index is 0.464. The first kappa shape index (κ1) is 13.6. The van der Waals surface area contributed by atoms with E-state index in [-0.39, 0.29) is 0 Å². The Bertz CT molecular complexity index is 655. The maximum atomic E-state index is 11.5. The predicted octanol–water partition coefficient (Wildman–Crippen LogP) is 1.78. The highest BCUT2D eigenvalue weighted by atomic mass is 16.3. The first-order chi connectivity index (χ1) is 10.1. The van der Waals surface area contributed by atoms with E-state index >= 15 is 0 Å². The molecule has 0 aromatic heterocycles. The van der Waals surface area contributed by atoms with Gasteiger partial charge >= 0.3 is 0 Å². The molecule has 2 atom stereocenters. The van der Waals surface area contributed by atoms with Gasteiger partial charge < -0.3 is 16.2 Å². The van der Waals surface area contributed by atoms with Gasteiger partial charge in [0.15, 0.2) is 0 Å². The second-order valence-electron chi connectivity index (χ2n) is 5.40. The molecule has 4 heteroatoms. The SMILES string of the molecule is NC(=O)[C@@H]1c2cc(CNc3ccccc3)ccc2C[C@H]1O. The normalized spacial score (nSPS) is 20.0. The maximum Gasteiger partial charge on any atom is 0.227 e. The number of hydrogen-bond donors (Lipinski definition) is 3. The number of rotatable bonds is 4. The van der Waals surface area contributed by atoms with Crippen LogP contribution < -0.4 is 11.1 Å². The number of anilines is 1. The van der Waals surface area contributed by atoms with Crippen molar-refractivity contribution in [1.29, 1.82) is 0 Å². The zero-order valence-corrected chi connectivity index (χ0v) is 11.6. The number of nitrogens with two attached hydrogens (primary N) is 1. The topological polar surface area (TPSA) is 75.4 Å². The second kappa shape index (κ2) is 5.58. The number of hydrogen-bond acceptors (Lipinski definition) is 3. The van der Waals surface area contributed by atoms with E-state index in [0.717, 1.165) is 22.4 Å². The fraction of sp³-hybridized carbons (Fsp3) is 0.235. The van der Waals surface area contributed by atoms with Gasteiger partial charge in [0.25, 0.3) is 0 Å². The van der Waals surface area contributed by atoms with Crippen LogP contribution in [0.3, 0.4) is 0 Å². The molecule has 0 spiro atoms. The summed E-state index contributed by atoms with van der Waals surface area (Å²) in [5.74, 6) is -1.05. The van der Waals surface area contributed by atoms with Gasteiger partial charge in [0.1, 0.15) is 0 Å². The van der Waals surface area contributed by atoms with Gasteiger partial charge in [-0.1, -0.05) is 36.4 Å². The number of nitrogens with one attached hydrogen (secondary N) is 1. The number of aliphatic hydroxyl groups excluding tert-OH is 1. The van der Waals surface area contributed by atoms with E-state index in [1.165, 1.54) is 0 Å². The Morgan fingerprint density at radius 1 is 1.24 bits per heavy atom. The standard InChI is InChI=1S/C17H18N2O2/c18-17(21)16-14-8-11(6-7-12(14)9-15(16)20)10-19-13-4-2-1-3-5-13/h1-8,15-16,19-20H,9-10H2,(H2,18,21)/t15-,16-/m1/s1. The summed E-state index contributed by atoms with van der Waals surface area (Å²) in [4.78, 5) is 11.5. The number of fused-ring (bicyclic) bond motifs is 1. The molecule has 1 amide bonds. The Balaban J connectivity index is 1.79. The quantitative estimate of drug-likeness (QED) is 0.800. The largest absolute Gasteiger partial charge is 0.392 e. The van der Waals surface area contributed by atoms with Gasteiger partial charge in [-0.3, -0.25) is 4.79 Å². The lowest BCUT2D eigenvalue weighted by Crippen LogP contribution is -2.28. The van der Waals surface area contributed by atoms with Gasteiger partial charge in [0.2, 0.25) is 5.91 Å². The van der Waals surface area contributed by atoms with E-state index in [2.05, 4.69) is 5.32 Å². The van der Waals surface area contributed by atoms with Crippen molar-refractivity contribution >= 4 is 11.6 Å². The van der Waals surface area contributed by atoms with Gasteiger partial charge in [-0.25, -0.2) is 0 Å². The lowest BCUT2D eigenvalue weighted by molar-refractivity contribution is -0.121. The zero-order valence-electron chi connectivity index (χ0n) is 11.6. The number of carbonyl (C=O) groups is 1. The van der Waals surface area contributed by atoms with Crippen molar-refractivity contribution in [3.8, 4) is 0 Å². The molecular weight excluding hydrogens is 264 g/mol. The lowest BCUT2D eigenvalue weighted by atomic mass is 9.97. The number of para-hydroxylation sites is 1. The third-order valence-electron chi connectivity index (χ3n) is 3.94. The van der Waals surface area contributed by atoms with E-state index in [4.69, 9.17) is 5.73 Å². The smallest absolute Gasteiger partial charge is 0.227 e. The van der Waals surface area contributed by atoms with Gasteiger partial charge in [0, 0.05) is 12.2 Å². The summed E-state index contributed by atoms with van der Waals surface area (Å²) in [5.41, 5.74) is 9.39. The van der Waals surface area contributed by atoms with Crippen molar-refractivity contribution in [3.05, 3.63) is 65.2 Å². The van der Waals surface area contributed by atoms with Crippen molar-refractivity contribution in [3.63, 3.8) is 0 Å². The molecule has 0 radical (unpaired) electrons. The summed E-state index contributed by atoms with van der Waals surface area (Å²) < 4.78 is 0. The van der Waals surface area contributed by atoms with Crippen molar-refractivity contribution in [1.82, 2.24) is 0 Å². The number of benzene rings is 2. The molecule has 4 nitrogen and oxygen atoms in total. The Labute approximate surface area is 123 Å². The van der Waals surface area contributed by atoms with E-state index in [1.807, 2.05) is 48.5 Å². The molecule has 108 valence electrons. The Morgan fingerprint density at radius 3 is 2.71 bits per heavy atom. The molecule has 4 N–H and O–H groups in total. The molecule has 2 aromatic carbocycles. The van der Waals surface area contributed by atoms with Crippen molar-refractivity contribution in [2.24, 2.45) is 5.73 Å². The molecule has 0 aliphatic heterocycles. The van der Waals surface area contributed by atoms with Gasteiger partial charge in [-0.15, -0.1) is 0 Å². The highest BCUT2D eigenvalue weighted by molar-refractivity contribution is 5.84. The average molecular weight is 282 g/mol. The summed E-state index contributed by atoms with van der Waals surface area (Å²) in [7, 11) is 0. The van der Waals surface area contributed by atoms with E-state index in [1.54, 1.807) is 0 Å². The summed E-state index contributed by atoms with van der Waals surface area (Å²) in [6.07, 6.45) is -0.204. The lowest BCUT2D eigenvalue weighted by Gasteiger charge is -2.13. The van der Waals surface area contributed by atoms with Crippen LogP contribution in [0.5, 0.6) is 0 Å². The van der Waals surface area contributed by atoms with Crippen LogP contribution >= 0.6 is 0 Å². The molecule has 0 bridgehead atoms. The van der Waals surface area contributed by atoms with Crippen LogP contribution in [0.4, 0.5) is 5.69 Å². The molecular formula is C17H18N2O2. The minimum atomic E-state index is -0.699. The zero-order chi connectivity index (χ0) is 14.8. The van der Waals surface area contributed by atoms with Gasteiger partial charge in [-0.05, 0) is 35.2 Å². The van der Waals surface area contributed by atoms with Crippen molar-refractivity contribution in [2.45, 2.75) is 25.0 Å². The first-order valence-corrected chi connectivity index (χ1v) is 7.03. The van der Waals surface area contributed by atoms with Crippen LogP contribution in [0, 0.1) is 0 Å². The summed E-state index contributed by atoms with van der Waals surface area (Å²) in [6.45, 7) is 0.666. The average Bonchev–Trinajstić information content (AvgIpc) is 2.81. The molecule has 1 aliphatic carbocycles. The molecule has 3 rings (SSSR count). The fourth-order valence-corrected chi connectivity index (χ4v) is 2.88. The third-order valence-corrected chi connectivity index (χ3v) is 3.94. The van der Waals surface area contributed by atoms with Crippen LogP contribution in [0.1, 0.15) is 22.6 Å². The van der Waals surface area contributed by atoms with E-state index < -0.39 is 17.9 Å². The minimum Gasteiger partial charge on any atom is -0.392 e. The number of aliphatic hydroxyl groups is 1.